The molecular formula is C16H14N2O3. The Balaban J connectivity index is 2.11. The van der Waals surface area contributed by atoms with Gasteiger partial charge in [0.15, 0.2) is 0 Å². The number of hydrogen-bond donors (Lipinski definition) is 2. The second-order valence-electron chi connectivity index (χ2n) is 4.42. The summed E-state index contributed by atoms with van der Waals surface area (Å²) in [7, 11) is 1.47. The molecule has 0 saturated heterocycles. The molecule has 0 aromatic heterocycles. The first-order valence-electron chi connectivity index (χ1n) is 6.28. The van der Waals surface area contributed by atoms with Crippen molar-refractivity contribution in [3.8, 4) is 17.6 Å². The van der Waals surface area contributed by atoms with E-state index >= 15 is 0 Å². The maximum atomic E-state index is 12.0. The Morgan fingerprint density at radius 3 is 2.81 bits per heavy atom. The molecule has 0 atom stereocenters. The number of methoxy groups -OCH3 is 1. The molecule has 0 aliphatic rings. The predicted octanol–water partition coefficient (Wildman–Crippen LogP) is 2.45. The van der Waals surface area contributed by atoms with E-state index < -0.39 is 0 Å². The van der Waals surface area contributed by atoms with Crippen molar-refractivity contribution in [2.24, 2.45) is 0 Å². The summed E-state index contributed by atoms with van der Waals surface area (Å²) in [5, 5.41) is 20.9. The highest BCUT2D eigenvalue weighted by Gasteiger charge is 2.09. The average molecular weight is 282 g/mol. The Bertz CT molecular complexity index is 705. The first-order chi connectivity index (χ1) is 10.1. The number of hydrogen-bond acceptors (Lipinski definition) is 4. The number of carbonyl (C=O) groups excluding carboxylic acids is 1. The van der Waals surface area contributed by atoms with Crippen LogP contribution in [0, 0.1) is 11.3 Å². The smallest absolute Gasteiger partial charge is 0.228 e. The number of phenolic OH excluding ortho intramolecular Hbond substituents is 1. The molecule has 2 rings (SSSR count). The number of benzene rings is 2. The lowest BCUT2D eigenvalue weighted by Crippen LogP contribution is -2.15. The van der Waals surface area contributed by atoms with Crippen molar-refractivity contribution < 1.29 is 14.6 Å². The number of phenols is 1. The van der Waals surface area contributed by atoms with Gasteiger partial charge in [-0.25, -0.2) is 0 Å². The second-order valence-corrected chi connectivity index (χ2v) is 4.42. The average Bonchev–Trinajstić information content (AvgIpc) is 2.47. The minimum absolute atomic E-state index is 0.122. The third-order valence-electron chi connectivity index (χ3n) is 2.88. The molecule has 0 radical (unpaired) electrons. The number of rotatable bonds is 4. The number of nitrogens with one attached hydrogen (secondary N) is 1. The van der Waals surface area contributed by atoms with E-state index in [0.717, 1.165) is 0 Å². The molecule has 5 heteroatoms. The van der Waals surface area contributed by atoms with Gasteiger partial charge in [0.05, 0.1) is 30.9 Å². The Hall–Kier alpha value is -3.00. The summed E-state index contributed by atoms with van der Waals surface area (Å²) < 4.78 is 5.15. The van der Waals surface area contributed by atoms with Gasteiger partial charge in [-0.15, -0.1) is 0 Å². The molecule has 0 aliphatic heterocycles. The standard InChI is InChI=1S/C16H14N2O3/c1-21-15-8-12(10-17)5-6-14(15)18-16(20)9-11-3-2-4-13(19)7-11/h2-8,19H,9H2,1H3,(H,18,20). The summed E-state index contributed by atoms with van der Waals surface area (Å²) >= 11 is 0. The van der Waals surface area contributed by atoms with Crippen LogP contribution < -0.4 is 10.1 Å². The zero-order valence-electron chi connectivity index (χ0n) is 11.5. The van der Waals surface area contributed by atoms with E-state index in [9.17, 15) is 9.90 Å². The zero-order valence-corrected chi connectivity index (χ0v) is 11.5. The number of anilines is 1. The molecule has 0 heterocycles. The molecule has 0 fully saturated rings. The summed E-state index contributed by atoms with van der Waals surface area (Å²) in [6.45, 7) is 0. The van der Waals surface area contributed by atoms with Gasteiger partial charge in [-0.1, -0.05) is 12.1 Å². The van der Waals surface area contributed by atoms with Crippen molar-refractivity contribution in [3.63, 3.8) is 0 Å². The fourth-order valence-electron chi connectivity index (χ4n) is 1.91. The van der Waals surface area contributed by atoms with Gasteiger partial charge in [-0.05, 0) is 29.8 Å². The highest BCUT2D eigenvalue weighted by molar-refractivity contribution is 5.93. The molecule has 106 valence electrons. The molecule has 2 aromatic rings. The third-order valence-corrected chi connectivity index (χ3v) is 2.88. The molecule has 1 amide bonds. The SMILES string of the molecule is COc1cc(C#N)ccc1NC(=O)Cc1cccc(O)c1. The van der Waals surface area contributed by atoms with Crippen LogP contribution >= 0.6 is 0 Å². The summed E-state index contributed by atoms with van der Waals surface area (Å²) in [5.74, 6) is 0.318. The number of nitriles is 1. The lowest BCUT2D eigenvalue weighted by atomic mass is 10.1. The first kappa shape index (κ1) is 14.4. The lowest BCUT2D eigenvalue weighted by Gasteiger charge is -2.10. The van der Waals surface area contributed by atoms with Crippen molar-refractivity contribution >= 4 is 11.6 Å². The molecule has 21 heavy (non-hydrogen) atoms. The van der Waals surface area contributed by atoms with E-state index in [1.54, 1.807) is 36.4 Å². The second kappa shape index (κ2) is 6.44. The molecule has 0 unspecified atom stereocenters. The number of aromatic hydroxyl groups is 1. The number of ether oxygens (including phenoxy) is 1. The van der Waals surface area contributed by atoms with Crippen molar-refractivity contribution in [1.82, 2.24) is 0 Å². The van der Waals surface area contributed by atoms with Crippen LogP contribution in [0.2, 0.25) is 0 Å². The molecule has 0 saturated carbocycles. The minimum Gasteiger partial charge on any atom is -0.508 e. The molecule has 0 aliphatic carbocycles. The van der Waals surface area contributed by atoms with Crippen LogP contribution in [0.4, 0.5) is 5.69 Å². The Morgan fingerprint density at radius 1 is 1.33 bits per heavy atom. The van der Waals surface area contributed by atoms with Crippen LogP contribution in [-0.2, 0) is 11.2 Å². The monoisotopic (exact) mass is 282 g/mol. The van der Waals surface area contributed by atoms with Crippen molar-refractivity contribution in [3.05, 3.63) is 53.6 Å². The Labute approximate surface area is 122 Å². The molecule has 2 N–H and O–H groups in total. The Morgan fingerprint density at radius 2 is 2.14 bits per heavy atom. The zero-order chi connectivity index (χ0) is 15.2. The van der Waals surface area contributed by atoms with Gasteiger partial charge in [0.25, 0.3) is 0 Å². The van der Waals surface area contributed by atoms with Crippen molar-refractivity contribution in [2.75, 3.05) is 12.4 Å². The molecule has 0 spiro atoms. The molecule has 5 nitrogen and oxygen atoms in total. The van der Waals surface area contributed by atoms with E-state index in [2.05, 4.69) is 5.32 Å². The Kier molecular flexibility index (Phi) is 4.42. The maximum absolute atomic E-state index is 12.0. The van der Waals surface area contributed by atoms with Crippen LogP contribution in [0.25, 0.3) is 0 Å². The van der Waals surface area contributed by atoms with Gasteiger partial charge in [0.2, 0.25) is 5.91 Å². The van der Waals surface area contributed by atoms with Crippen LogP contribution in [0.15, 0.2) is 42.5 Å². The van der Waals surface area contributed by atoms with Crippen LogP contribution in [0.3, 0.4) is 0 Å². The molecular weight excluding hydrogens is 268 g/mol. The normalized spacial score (nSPS) is 9.71. The highest BCUT2D eigenvalue weighted by atomic mass is 16.5. The summed E-state index contributed by atoms with van der Waals surface area (Å²) in [6, 6.07) is 13.3. The van der Waals surface area contributed by atoms with E-state index in [4.69, 9.17) is 10.00 Å². The van der Waals surface area contributed by atoms with E-state index in [-0.39, 0.29) is 18.1 Å². The van der Waals surface area contributed by atoms with Gasteiger partial charge >= 0.3 is 0 Å². The predicted molar refractivity (Wildman–Crippen MR) is 78.1 cm³/mol. The fraction of sp³-hybridized carbons (Fsp3) is 0.125. The molecule has 0 bridgehead atoms. The minimum atomic E-state index is -0.233. The number of carbonyl (C=O) groups is 1. The van der Waals surface area contributed by atoms with E-state index in [0.29, 0.717) is 22.6 Å². The van der Waals surface area contributed by atoms with E-state index in [1.807, 2.05) is 6.07 Å². The van der Waals surface area contributed by atoms with Gasteiger partial charge in [0.1, 0.15) is 11.5 Å². The number of amides is 1. The largest absolute Gasteiger partial charge is 0.508 e. The van der Waals surface area contributed by atoms with Crippen LogP contribution in [0.5, 0.6) is 11.5 Å². The van der Waals surface area contributed by atoms with Crippen LogP contribution in [-0.4, -0.2) is 18.1 Å². The third kappa shape index (κ3) is 3.74. The van der Waals surface area contributed by atoms with Crippen LogP contribution in [0.1, 0.15) is 11.1 Å². The molecule has 2 aromatic carbocycles. The fourth-order valence-corrected chi connectivity index (χ4v) is 1.91. The van der Waals surface area contributed by atoms with Gasteiger partial charge in [-0.2, -0.15) is 5.26 Å². The number of nitrogens with zero attached hydrogens (tertiary/aromatic N) is 1. The summed E-state index contributed by atoms with van der Waals surface area (Å²) in [5.41, 5.74) is 1.67. The summed E-state index contributed by atoms with van der Waals surface area (Å²) in [4.78, 5) is 12.0. The summed E-state index contributed by atoms with van der Waals surface area (Å²) in [6.07, 6.45) is 0.136. The van der Waals surface area contributed by atoms with E-state index in [1.165, 1.54) is 13.2 Å². The van der Waals surface area contributed by atoms with Gasteiger partial charge < -0.3 is 15.2 Å². The van der Waals surface area contributed by atoms with Gasteiger partial charge in [0, 0.05) is 6.07 Å². The lowest BCUT2D eigenvalue weighted by molar-refractivity contribution is -0.115. The topological polar surface area (TPSA) is 82.3 Å². The maximum Gasteiger partial charge on any atom is 0.228 e. The van der Waals surface area contributed by atoms with Crippen molar-refractivity contribution in [1.29, 1.82) is 5.26 Å². The highest BCUT2D eigenvalue weighted by Crippen LogP contribution is 2.25. The first-order valence-corrected chi connectivity index (χ1v) is 6.28. The quantitative estimate of drug-likeness (QED) is 0.902. The van der Waals surface area contributed by atoms with Gasteiger partial charge in [-0.3, -0.25) is 4.79 Å². The van der Waals surface area contributed by atoms with Crippen molar-refractivity contribution in [2.45, 2.75) is 6.42 Å².